The Labute approximate surface area is 277 Å². The van der Waals surface area contributed by atoms with Crippen molar-refractivity contribution in [2.24, 2.45) is 0 Å². The second-order valence-electron chi connectivity index (χ2n) is 15.8. The fourth-order valence-electron chi connectivity index (χ4n) is 7.57. The van der Waals surface area contributed by atoms with Crippen LogP contribution in [0.4, 0.5) is 0 Å². The number of ketones is 1. The molecule has 0 amide bonds. The van der Waals surface area contributed by atoms with E-state index in [-0.39, 0.29) is 0 Å². The Balaban J connectivity index is 2.25. The zero-order valence-corrected chi connectivity index (χ0v) is 31.8. The van der Waals surface area contributed by atoms with Crippen molar-refractivity contribution in [3.8, 4) is 22.3 Å². The summed E-state index contributed by atoms with van der Waals surface area (Å²) in [6, 6.07) is 17.2. The van der Waals surface area contributed by atoms with Crippen LogP contribution in [0.5, 0.6) is 0 Å². The third-order valence-corrected chi connectivity index (χ3v) is 13.4. The number of hydrogen-bond acceptors (Lipinski definition) is 1. The number of carbonyl (C=O) groups is 1. The van der Waals surface area contributed by atoms with E-state index in [0.717, 1.165) is 0 Å². The van der Waals surface area contributed by atoms with Crippen LogP contribution in [0.25, 0.3) is 22.3 Å². The standard InChI is InChI=1S/C43H61OP/c1-24(2)32-20-37(26(5)6)41(38(21-32)27(7)8)35-16-15-17-36(43(35)45-30(13)18-34(44)19-31(45)14)42-39(28(9)10)22-33(25(3)4)23-40(42)29(11)12/h15-17,20-31H,18-19H2,1-14H3. The lowest BCUT2D eigenvalue weighted by Gasteiger charge is -2.39. The second kappa shape index (κ2) is 14.3. The van der Waals surface area contributed by atoms with Crippen LogP contribution >= 0.6 is 7.92 Å². The van der Waals surface area contributed by atoms with E-state index in [1.807, 2.05) is 0 Å². The first-order valence-corrected chi connectivity index (χ1v) is 19.3. The van der Waals surface area contributed by atoms with E-state index in [4.69, 9.17) is 0 Å². The topological polar surface area (TPSA) is 17.1 Å². The summed E-state index contributed by atoms with van der Waals surface area (Å²) in [5, 5.41) is 1.54. The van der Waals surface area contributed by atoms with Gasteiger partial charge in [-0.1, -0.05) is 147 Å². The Bertz CT molecular complexity index is 1350. The average Bonchev–Trinajstić information content (AvgIpc) is 2.95. The number of hydrogen-bond donors (Lipinski definition) is 0. The summed E-state index contributed by atoms with van der Waals surface area (Å²) in [6.07, 6.45) is 1.40. The van der Waals surface area contributed by atoms with Crippen molar-refractivity contribution in [2.75, 3.05) is 0 Å². The molecule has 1 heterocycles. The molecule has 0 radical (unpaired) electrons. The van der Waals surface area contributed by atoms with Gasteiger partial charge in [-0.3, -0.25) is 4.79 Å². The highest BCUT2D eigenvalue weighted by Gasteiger charge is 2.37. The van der Waals surface area contributed by atoms with Crippen LogP contribution in [0.3, 0.4) is 0 Å². The molecule has 0 bridgehead atoms. The molecule has 1 aliphatic rings. The monoisotopic (exact) mass is 624 g/mol. The van der Waals surface area contributed by atoms with Gasteiger partial charge in [0.2, 0.25) is 0 Å². The molecule has 0 aliphatic carbocycles. The smallest absolute Gasteiger partial charge is 0.134 e. The van der Waals surface area contributed by atoms with Gasteiger partial charge in [0.05, 0.1) is 0 Å². The van der Waals surface area contributed by atoms with E-state index in [1.165, 1.54) is 55.6 Å². The third-order valence-electron chi connectivity index (χ3n) is 10.1. The first-order valence-electron chi connectivity index (χ1n) is 17.8. The minimum Gasteiger partial charge on any atom is -0.300 e. The Morgan fingerprint density at radius 3 is 1.11 bits per heavy atom. The van der Waals surface area contributed by atoms with Crippen molar-refractivity contribution in [3.05, 3.63) is 75.8 Å². The highest BCUT2D eigenvalue weighted by Crippen LogP contribution is 2.56. The SMILES string of the molecule is CC(C)c1cc(C(C)C)c(-c2cccc(-c3c(C(C)C)cc(C(C)C)cc3C(C)C)c2P2C(C)CC(=O)CC2C)c(C(C)C)c1. The molecule has 4 rings (SSSR count). The van der Waals surface area contributed by atoms with Crippen LogP contribution in [0, 0.1) is 0 Å². The van der Waals surface area contributed by atoms with Crippen LogP contribution < -0.4 is 5.30 Å². The summed E-state index contributed by atoms with van der Waals surface area (Å²) in [5.41, 5.74) is 15.2. The van der Waals surface area contributed by atoms with Crippen molar-refractivity contribution in [1.29, 1.82) is 0 Å². The summed E-state index contributed by atoms with van der Waals surface area (Å²) >= 11 is 0. The molecule has 2 unspecified atom stereocenters. The first-order chi connectivity index (χ1) is 21.0. The number of Topliss-reactive ketones (excluding diaryl/α,β-unsaturated/α-hetero) is 1. The Morgan fingerprint density at radius 2 is 0.844 bits per heavy atom. The van der Waals surface area contributed by atoms with E-state index < -0.39 is 7.92 Å². The van der Waals surface area contributed by atoms with Crippen molar-refractivity contribution in [1.82, 2.24) is 0 Å². The molecule has 0 saturated carbocycles. The van der Waals surface area contributed by atoms with Gasteiger partial charge >= 0.3 is 0 Å². The summed E-state index contributed by atoms with van der Waals surface area (Å²) in [4.78, 5) is 13.0. The molecule has 2 heteroatoms. The minimum absolute atomic E-state index is 0.357. The molecule has 3 aromatic carbocycles. The van der Waals surface area contributed by atoms with Crippen LogP contribution in [0.2, 0.25) is 0 Å². The molecular weight excluding hydrogens is 563 g/mol. The molecule has 0 N–H and O–H groups in total. The van der Waals surface area contributed by atoms with Gasteiger partial charge in [-0.25, -0.2) is 0 Å². The fraction of sp³-hybridized carbons (Fsp3) is 0.558. The van der Waals surface area contributed by atoms with Crippen LogP contribution in [0.15, 0.2) is 42.5 Å². The number of benzene rings is 3. The van der Waals surface area contributed by atoms with E-state index in [2.05, 4.69) is 139 Å². The van der Waals surface area contributed by atoms with Crippen LogP contribution in [-0.4, -0.2) is 17.1 Å². The summed E-state index contributed by atoms with van der Waals surface area (Å²) in [6.45, 7) is 32.9. The molecule has 1 saturated heterocycles. The van der Waals surface area contributed by atoms with Gasteiger partial charge in [-0.05, 0) is 108 Å². The maximum Gasteiger partial charge on any atom is 0.134 e. The highest BCUT2D eigenvalue weighted by molar-refractivity contribution is 7.67. The molecule has 1 fully saturated rings. The predicted octanol–water partition coefficient (Wildman–Crippen LogP) is 13.0. The van der Waals surface area contributed by atoms with Crippen LogP contribution in [0.1, 0.15) is 179 Å². The van der Waals surface area contributed by atoms with Crippen molar-refractivity contribution in [2.45, 2.75) is 157 Å². The molecule has 45 heavy (non-hydrogen) atoms. The van der Waals surface area contributed by atoms with Gasteiger partial charge in [0, 0.05) is 12.8 Å². The first kappa shape index (κ1) is 35.6. The molecule has 2 atom stereocenters. The second-order valence-corrected chi connectivity index (χ2v) is 18.9. The molecular formula is C43H61OP. The molecule has 244 valence electrons. The van der Waals surface area contributed by atoms with E-state index >= 15 is 0 Å². The van der Waals surface area contributed by atoms with Gasteiger partial charge in [0.15, 0.2) is 0 Å². The predicted molar refractivity (Wildman–Crippen MR) is 202 cm³/mol. The lowest BCUT2D eigenvalue weighted by atomic mass is 9.79. The fourth-order valence-corrected chi connectivity index (χ4v) is 11.1. The number of rotatable bonds is 9. The van der Waals surface area contributed by atoms with Crippen molar-refractivity contribution >= 4 is 19.0 Å². The summed E-state index contributed by atoms with van der Waals surface area (Å²) < 4.78 is 0. The highest BCUT2D eigenvalue weighted by atomic mass is 31.1. The normalized spacial score (nSPS) is 19.3. The lowest BCUT2D eigenvalue weighted by molar-refractivity contribution is -0.119. The average molecular weight is 625 g/mol. The zero-order valence-electron chi connectivity index (χ0n) is 30.9. The quantitative estimate of drug-likeness (QED) is 0.216. The van der Waals surface area contributed by atoms with Crippen LogP contribution in [-0.2, 0) is 4.79 Å². The summed E-state index contributed by atoms with van der Waals surface area (Å²) in [5.74, 6) is 3.03. The van der Waals surface area contributed by atoms with Gasteiger partial charge in [0.1, 0.15) is 5.78 Å². The zero-order chi connectivity index (χ0) is 33.5. The third kappa shape index (κ3) is 7.20. The Hall–Kier alpha value is -2.24. The lowest BCUT2D eigenvalue weighted by Crippen LogP contribution is -2.31. The molecule has 0 aromatic heterocycles. The molecule has 3 aromatic rings. The minimum atomic E-state index is -0.592. The van der Waals surface area contributed by atoms with Gasteiger partial charge in [-0.2, -0.15) is 0 Å². The number of carbonyl (C=O) groups excluding carboxylic acids is 1. The van der Waals surface area contributed by atoms with Gasteiger partial charge in [-0.15, -0.1) is 0 Å². The Kier molecular flexibility index (Phi) is 11.3. The van der Waals surface area contributed by atoms with E-state index in [9.17, 15) is 4.79 Å². The molecule has 0 spiro atoms. The molecule has 1 nitrogen and oxygen atoms in total. The van der Waals surface area contributed by atoms with Crippen molar-refractivity contribution in [3.63, 3.8) is 0 Å². The summed E-state index contributed by atoms with van der Waals surface area (Å²) in [7, 11) is -0.592. The van der Waals surface area contributed by atoms with Gasteiger partial charge in [0.25, 0.3) is 0 Å². The van der Waals surface area contributed by atoms with Crippen molar-refractivity contribution < 1.29 is 4.79 Å². The largest absolute Gasteiger partial charge is 0.300 e. The maximum absolute atomic E-state index is 13.0. The Morgan fingerprint density at radius 1 is 0.533 bits per heavy atom. The van der Waals surface area contributed by atoms with E-state index in [0.29, 0.717) is 65.5 Å². The maximum atomic E-state index is 13.0. The molecule has 1 aliphatic heterocycles. The van der Waals surface area contributed by atoms with Gasteiger partial charge < -0.3 is 0 Å². The van der Waals surface area contributed by atoms with E-state index in [1.54, 1.807) is 5.30 Å².